The zero-order valence-corrected chi connectivity index (χ0v) is 82.7. The van der Waals surface area contributed by atoms with Gasteiger partial charge in [0, 0.05) is 105 Å². The Morgan fingerprint density at radius 1 is 0.545 bits per heavy atom. The van der Waals surface area contributed by atoms with Crippen LogP contribution in [0.1, 0.15) is 235 Å². The molecule has 134 heavy (non-hydrogen) atoms. The Balaban J connectivity index is -0.000000748. The number of hydrogen-bond acceptors (Lipinski definition) is 30. The standard InChI is InChI=1S/C33H30O3.C15H27NO2.C12H18N2O2.C9H16O4.C7H12O4.C7H12O3.C6H10O3.C5H10O4.C3H6O4.C3H8.CH2O/c1-3-19-36-27-17-13-24(14-18-27)21-26-16-15-25(20-23-11-9-22(4-2)10-12-23)30-31(26)33(35)29-8-6-5-7-28(29)32(30)34;1-11(17)6-7-15(5)9-13(16-12(2)18)8-14(3,4)10-15;1-11(2)4-10(14-9-15)5-12(3,6-11)7-16-8-13;1-7(2)9(10)13-6-8(12-4)5-11-3;1-5(2)7(10)11-4-6(9)3-8;1-6(2)7(8)10-5-4-9-3;1-5(2)6(8)9-4-3-7;1-8-3-4(9-2)5(6)7;4-1-2(5)3(6)7;1-3-2;1-2/h5-18H,3-4,19-21H2,1-2H3;13H,6-10H2,1-5H3,(H,16,18);10H,4-7H2,1-3H3;8H,1,5-6H2,2-4H3;6,8-9H,1,3-4H2,2H3;1,4-5H2,2-3H3;7H,1,3-4H2,2H3;4H,3H2,1-2H3,(H,6,7);2,4-5H,1H2,(H,6,7);3H2,1-2H3;1H2. The van der Waals surface area contributed by atoms with Gasteiger partial charge in [-0.25, -0.2) is 38.6 Å². The summed E-state index contributed by atoms with van der Waals surface area (Å²) in [5, 5.41) is 68.8. The number of hydrogen-bond donors (Lipinski definition) is 8. The predicted molar refractivity (Wildman–Crippen MR) is 508 cm³/mol. The van der Waals surface area contributed by atoms with Gasteiger partial charge in [0.1, 0.15) is 63.6 Å². The largest absolute Gasteiger partial charge is 0.494 e. The lowest BCUT2D eigenvalue weighted by Gasteiger charge is -2.47. The fourth-order valence-electron chi connectivity index (χ4n) is 13.7. The summed E-state index contributed by atoms with van der Waals surface area (Å²) in [5.41, 5.74) is 9.20. The van der Waals surface area contributed by atoms with Crippen molar-refractivity contribution in [2.45, 2.75) is 231 Å². The summed E-state index contributed by atoms with van der Waals surface area (Å²) < 4.78 is 52.7. The van der Waals surface area contributed by atoms with E-state index in [4.69, 9.17) is 69.5 Å². The van der Waals surface area contributed by atoms with E-state index in [9.17, 15) is 52.7 Å². The number of aryl methyl sites for hydroxylation is 1. The lowest BCUT2D eigenvalue weighted by atomic mass is 9.61. The first-order chi connectivity index (χ1) is 63.0. The predicted octanol–water partition coefficient (Wildman–Crippen LogP) is 12.9. The van der Waals surface area contributed by atoms with Crippen LogP contribution in [0.4, 0.5) is 0 Å². The molecule has 0 heterocycles. The maximum Gasteiger partial charge on any atom is 0.335 e. The van der Waals surface area contributed by atoms with E-state index in [1.165, 1.54) is 40.2 Å². The van der Waals surface area contributed by atoms with Gasteiger partial charge in [0.2, 0.25) is 12.0 Å². The zero-order chi connectivity index (χ0) is 104. The van der Waals surface area contributed by atoms with Gasteiger partial charge in [-0.15, -0.1) is 0 Å². The summed E-state index contributed by atoms with van der Waals surface area (Å²) in [6.07, 6.45) is 11.4. The normalized spacial score (nSPS) is 16.5. The molecular weight excluding hydrogens is 1740 g/mol. The summed E-state index contributed by atoms with van der Waals surface area (Å²) in [7, 11) is 7.41. The number of benzene rings is 4. The number of aliphatic carboxylic acids is 2. The van der Waals surface area contributed by atoms with Crippen molar-refractivity contribution in [3.63, 3.8) is 0 Å². The van der Waals surface area contributed by atoms with Crippen molar-refractivity contribution < 1.29 is 145 Å². The van der Waals surface area contributed by atoms with Crippen LogP contribution in [0, 0.1) is 33.2 Å². The third-order valence-electron chi connectivity index (χ3n) is 19.2. The monoisotopic (exact) mass is 1890 g/mol. The first-order valence-corrected chi connectivity index (χ1v) is 43.7. The lowest BCUT2D eigenvalue weighted by Crippen LogP contribution is -2.46. The first kappa shape index (κ1) is 129. The highest BCUT2D eigenvalue weighted by molar-refractivity contribution is 6.29. The number of ketones is 3. The molecule has 7 rings (SSSR count). The number of aliphatic hydroxyl groups excluding tert-OH is 5. The number of Topliss-reactive ketones (excluding diaryl/α,β-unsaturated/α-hetero) is 1. The van der Waals surface area contributed by atoms with Crippen LogP contribution in [-0.2, 0) is 115 Å². The van der Waals surface area contributed by atoms with Crippen molar-refractivity contribution in [3.05, 3.63) is 184 Å². The Morgan fingerprint density at radius 2 is 1.00 bits per heavy atom. The van der Waals surface area contributed by atoms with Crippen molar-refractivity contribution in [2.24, 2.45) is 26.7 Å². The number of aliphatic imine (C=N–C) groups is 1. The van der Waals surface area contributed by atoms with Crippen LogP contribution in [0.2, 0.25) is 0 Å². The highest BCUT2D eigenvalue weighted by Gasteiger charge is 2.43. The zero-order valence-electron chi connectivity index (χ0n) is 82.7. The Labute approximate surface area is 792 Å². The van der Waals surface area contributed by atoms with Gasteiger partial charge in [-0.1, -0.05) is 175 Å². The number of methoxy groups -OCH3 is 5. The molecule has 8 unspecified atom stereocenters. The summed E-state index contributed by atoms with van der Waals surface area (Å²) >= 11 is 0. The van der Waals surface area contributed by atoms with Crippen LogP contribution < -0.4 is 10.1 Å². The van der Waals surface area contributed by atoms with Gasteiger partial charge in [-0.05, 0) is 161 Å². The third kappa shape index (κ3) is 57.5. The van der Waals surface area contributed by atoms with Crippen molar-refractivity contribution in [1.29, 1.82) is 5.26 Å². The number of carbonyl (C=O) groups excluding carboxylic acids is 10. The van der Waals surface area contributed by atoms with Gasteiger partial charge >= 0.3 is 35.8 Å². The van der Waals surface area contributed by atoms with Gasteiger partial charge in [0.15, 0.2) is 23.8 Å². The molecule has 3 aliphatic rings. The minimum atomic E-state index is -1.63. The van der Waals surface area contributed by atoms with E-state index < -0.39 is 61.4 Å². The van der Waals surface area contributed by atoms with Gasteiger partial charge in [0.05, 0.1) is 52.3 Å². The smallest absolute Gasteiger partial charge is 0.335 e. The minimum Gasteiger partial charge on any atom is -0.494 e. The summed E-state index contributed by atoms with van der Waals surface area (Å²) in [6.45, 7) is 47.8. The molecule has 33 heteroatoms. The molecule has 3 aliphatic carbocycles. The first-order valence-electron chi connectivity index (χ1n) is 43.7. The molecule has 0 bridgehead atoms. The van der Waals surface area contributed by atoms with Crippen LogP contribution in [-0.4, -0.2) is 259 Å². The number of aliphatic hydroxyl groups is 5. The van der Waals surface area contributed by atoms with Gasteiger partial charge < -0.3 is 103 Å². The number of carbonyl (C=O) groups is 11. The number of fused-ring (bicyclic) bond motifs is 2. The molecule has 2 saturated carbocycles. The van der Waals surface area contributed by atoms with Gasteiger partial charge in [-0.3, -0.25) is 14.4 Å². The molecule has 0 saturated heterocycles. The minimum absolute atomic E-state index is 0.00791. The fourth-order valence-corrected chi connectivity index (χ4v) is 13.7. The molecule has 0 radical (unpaired) electrons. The topological polar surface area (TPSA) is 496 Å². The van der Waals surface area contributed by atoms with E-state index in [0.717, 1.165) is 85.8 Å². The van der Waals surface area contributed by atoms with E-state index in [0.29, 0.717) is 91.3 Å². The van der Waals surface area contributed by atoms with Crippen LogP contribution in [0.5, 0.6) is 5.75 Å². The van der Waals surface area contributed by atoms with Crippen molar-refractivity contribution in [1.82, 2.24) is 5.32 Å². The second kappa shape index (κ2) is 72.4. The van der Waals surface area contributed by atoms with E-state index in [2.05, 4.69) is 159 Å². The van der Waals surface area contributed by atoms with Crippen LogP contribution in [0.15, 0.2) is 139 Å². The molecule has 33 nitrogen and oxygen atoms in total. The number of amides is 1. The van der Waals surface area contributed by atoms with Gasteiger partial charge in [0.25, 0.3) is 6.26 Å². The molecule has 4 aromatic carbocycles. The maximum absolute atomic E-state index is 13.8. The number of ether oxygens (including phenoxy) is 11. The molecule has 750 valence electrons. The molecule has 0 aliphatic heterocycles. The molecule has 8 N–H and O–H groups in total. The second-order valence-corrected chi connectivity index (χ2v) is 34.0. The number of isocyanates is 1. The number of nitrogens with one attached hydrogen (secondary N) is 1. The number of carboxylic acid groups (broad SMARTS) is 2. The Bertz CT molecular complexity index is 4320. The second-order valence-electron chi connectivity index (χ2n) is 34.0. The number of nitriles is 1. The number of carboxylic acids is 2. The van der Waals surface area contributed by atoms with E-state index >= 15 is 0 Å². The lowest BCUT2D eigenvalue weighted by molar-refractivity contribution is -0.151. The van der Waals surface area contributed by atoms with E-state index in [1.54, 1.807) is 73.3 Å². The highest BCUT2D eigenvalue weighted by Crippen LogP contribution is 2.49. The van der Waals surface area contributed by atoms with Crippen LogP contribution >= 0.6 is 0 Å². The van der Waals surface area contributed by atoms with E-state index in [-0.39, 0.29) is 108 Å². The fraction of sp³-hybridized carbons (Fsp3) is 0.554. The Kier molecular flexibility index (Phi) is 69.7. The summed E-state index contributed by atoms with van der Waals surface area (Å²) in [4.78, 5) is 134. The molecular formula is C101H151N3O30. The summed E-state index contributed by atoms with van der Waals surface area (Å²) in [5.74, 6) is -3.17. The SMILES string of the molecule is C=C(C)C(=O)OCC(COC)OC.C=C(C)C(=O)OCC(O)CO.C=C(C)C(=O)OCCO.C=C(C)C(=O)OCCOC.C=O.CC(=O)CCC1(C)CC(NC(C)=O)CC(C)(C)C1.CC1(C)CC(N=C=O)CC(C)(COC#N)C1.CCC.CCCOc1ccc(Cc2ccc(Cc3ccc(CC)cc3)c3c2C(=O)c2ccccc2C3=O)cc1.COCC(OC)C(=O)O.O=C(O)C(O)CO. The number of nitrogens with zero attached hydrogens (tertiary/aromatic N) is 2. The third-order valence-corrected chi connectivity index (χ3v) is 19.2. The van der Waals surface area contributed by atoms with Crippen molar-refractivity contribution in [2.75, 3.05) is 115 Å². The summed E-state index contributed by atoms with van der Waals surface area (Å²) in [6, 6.07) is 28.0. The van der Waals surface area contributed by atoms with Crippen LogP contribution in [0.25, 0.3) is 0 Å². The van der Waals surface area contributed by atoms with Crippen LogP contribution in [0.3, 0.4) is 0 Å². The molecule has 4 aromatic rings. The molecule has 0 spiro atoms. The maximum atomic E-state index is 13.8. The van der Waals surface area contributed by atoms with Gasteiger partial charge in [-0.2, -0.15) is 5.26 Å². The Morgan fingerprint density at radius 3 is 1.37 bits per heavy atom. The molecule has 2 fully saturated rings. The molecule has 0 aromatic heterocycles. The number of esters is 4. The quantitative estimate of drug-likeness (QED) is 0.00346. The van der Waals surface area contributed by atoms with E-state index in [1.807, 2.05) is 55.3 Å². The highest BCUT2D eigenvalue weighted by atomic mass is 16.6. The average molecular weight is 1890 g/mol. The molecule has 1 amide bonds. The van der Waals surface area contributed by atoms with Crippen molar-refractivity contribution in [3.8, 4) is 12.0 Å². The van der Waals surface area contributed by atoms with Crippen molar-refractivity contribution >= 4 is 71.9 Å². The number of rotatable bonds is 38. The molecule has 8 atom stereocenters. The Hall–Kier alpha value is -11.1. The average Bonchev–Trinajstić information content (AvgIpc) is 0.738.